The average Bonchev–Trinajstić information content (AvgIpc) is 2.93. The van der Waals surface area contributed by atoms with Gasteiger partial charge in [0.2, 0.25) is 5.91 Å². The molecule has 5 N–H and O–H groups in total. The molecular formula is C31H34FN7O2. The van der Waals surface area contributed by atoms with Gasteiger partial charge in [0.15, 0.2) is 0 Å². The Kier molecular flexibility index (Phi) is 7.17. The summed E-state index contributed by atoms with van der Waals surface area (Å²) in [6.07, 6.45) is 8.87. The number of rotatable bonds is 7. The molecule has 1 aliphatic heterocycles. The minimum atomic E-state index is -0.521. The molecule has 1 saturated carbocycles. The third-order valence-electron chi connectivity index (χ3n) is 8.54. The number of nitrogens with zero attached hydrogens (tertiary/aromatic N) is 3. The predicted octanol–water partition coefficient (Wildman–Crippen LogP) is 5.31. The lowest BCUT2D eigenvalue weighted by Gasteiger charge is -2.39. The van der Waals surface area contributed by atoms with Gasteiger partial charge >= 0.3 is 0 Å². The third kappa shape index (κ3) is 5.27. The highest BCUT2D eigenvalue weighted by atomic mass is 19.1. The van der Waals surface area contributed by atoms with Gasteiger partial charge < -0.3 is 26.3 Å². The molecule has 212 valence electrons. The van der Waals surface area contributed by atoms with Gasteiger partial charge in [0, 0.05) is 42.0 Å². The Labute approximate surface area is 237 Å². The fraction of sp³-hybridized carbons (Fsp3) is 0.355. The second-order valence-corrected chi connectivity index (χ2v) is 11.1. The van der Waals surface area contributed by atoms with E-state index in [2.05, 4.69) is 30.5 Å². The molecule has 10 heteroatoms. The van der Waals surface area contributed by atoms with Crippen molar-refractivity contribution < 1.29 is 9.18 Å². The highest BCUT2D eigenvalue weighted by Gasteiger charge is 2.42. The molecule has 1 saturated heterocycles. The van der Waals surface area contributed by atoms with Crippen molar-refractivity contribution in [1.29, 1.82) is 0 Å². The second kappa shape index (κ2) is 10.9. The molecule has 2 aliphatic rings. The van der Waals surface area contributed by atoms with Gasteiger partial charge in [0.1, 0.15) is 11.6 Å². The van der Waals surface area contributed by atoms with Crippen LogP contribution in [0.4, 0.5) is 27.3 Å². The van der Waals surface area contributed by atoms with Crippen LogP contribution in [0.3, 0.4) is 0 Å². The minimum Gasteiger partial charge on any atom is -0.369 e. The molecule has 0 radical (unpaired) electrons. The molecule has 0 bridgehead atoms. The molecule has 9 nitrogen and oxygen atoms in total. The Hall–Kier alpha value is -4.31. The van der Waals surface area contributed by atoms with E-state index in [0.717, 1.165) is 57.3 Å². The van der Waals surface area contributed by atoms with E-state index in [1.54, 1.807) is 30.5 Å². The molecule has 0 unspecified atom stereocenters. The highest BCUT2D eigenvalue weighted by Crippen LogP contribution is 2.44. The summed E-state index contributed by atoms with van der Waals surface area (Å²) in [5, 5.41) is 6.47. The van der Waals surface area contributed by atoms with E-state index in [4.69, 9.17) is 5.73 Å². The van der Waals surface area contributed by atoms with E-state index in [1.807, 2.05) is 19.1 Å². The number of H-pyrrole nitrogens is 1. The largest absolute Gasteiger partial charge is 0.369 e. The van der Waals surface area contributed by atoms with Gasteiger partial charge in [0.25, 0.3) is 5.56 Å². The molecule has 0 spiro atoms. The number of nitrogens with one attached hydrogen (secondary N) is 3. The highest BCUT2D eigenvalue weighted by molar-refractivity contribution is 5.97. The van der Waals surface area contributed by atoms with Gasteiger partial charge in [-0.25, -0.2) is 14.4 Å². The van der Waals surface area contributed by atoms with Crippen molar-refractivity contribution in [1.82, 2.24) is 15.0 Å². The lowest BCUT2D eigenvalue weighted by atomic mass is 9.66. The standard InChI is InChI=1S/C31H34FN7O2/c1-2-31(11-4-12-31)30(41)36-20-6-8-22(23(32)15-20)25-16-26(28-24(37-25)10-13-34-29(28)40)38-27-9-7-21(17-35-27)39-14-3-5-19(33)18-39/h6-10,13,15-17,19H,2-5,11-12,14,18,33H2,1H3,(H,34,40)(H,36,41)(H,35,37,38)/t19-/m1/s1. The van der Waals surface area contributed by atoms with Crippen molar-refractivity contribution in [2.24, 2.45) is 11.1 Å². The summed E-state index contributed by atoms with van der Waals surface area (Å²) >= 11 is 0. The van der Waals surface area contributed by atoms with Gasteiger partial charge in [-0.2, -0.15) is 0 Å². The van der Waals surface area contributed by atoms with Crippen LogP contribution in [0.25, 0.3) is 22.2 Å². The number of pyridine rings is 3. The number of nitrogens with two attached hydrogens (primary N) is 1. The summed E-state index contributed by atoms with van der Waals surface area (Å²) in [6, 6.07) is 11.9. The second-order valence-electron chi connectivity index (χ2n) is 11.1. The van der Waals surface area contributed by atoms with E-state index in [9.17, 15) is 9.59 Å². The van der Waals surface area contributed by atoms with Crippen molar-refractivity contribution in [3.05, 3.63) is 71.0 Å². The maximum atomic E-state index is 15.4. The molecule has 3 aromatic heterocycles. The number of fused-ring (bicyclic) bond motifs is 1. The van der Waals surface area contributed by atoms with Crippen LogP contribution in [0.1, 0.15) is 45.4 Å². The van der Waals surface area contributed by atoms with E-state index < -0.39 is 5.82 Å². The first kappa shape index (κ1) is 26.9. The maximum absolute atomic E-state index is 15.4. The number of halogens is 1. The Morgan fingerprint density at radius 2 is 2.05 bits per heavy atom. The lowest BCUT2D eigenvalue weighted by Crippen LogP contribution is -2.42. The molecule has 1 aliphatic carbocycles. The third-order valence-corrected chi connectivity index (χ3v) is 8.54. The van der Waals surface area contributed by atoms with E-state index in [1.165, 1.54) is 12.3 Å². The van der Waals surface area contributed by atoms with Crippen molar-refractivity contribution >= 4 is 39.7 Å². The maximum Gasteiger partial charge on any atom is 0.259 e. The number of hydrogen-bond acceptors (Lipinski definition) is 7. The first-order chi connectivity index (χ1) is 19.8. The number of piperidine rings is 1. The summed E-state index contributed by atoms with van der Waals surface area (Å²) in [5.41, 5.74) is 8.34. The fourth-order valence-electron chi connectivity index (χ4n) is 5.87. The van der Waals surface area contributed by atoms with Gasteiger partial charge in [-0.05, 0) is 74.6 Å². The Morgan fingerprint density at radius 1 is 1.20 bits per heavy atom. The van der Waals surface area contributed by atoms with Crippen LogP contribution in [-0.4, -0.2) is 40.0 Å². The Morgan fingerprint density at radius 3 is 2.73 bits per heavy atom. The van der Waals surface area contributed by atoms with E-state index in [-0.39, 0.29) is 28.5 Å². The monoisotopic (exact) mass is 555 g/mol. The van der Waals surface area contributed by atoms with Crippen LogP contribution < -0.4 is 26.8 Å². The van der Waals surface area contributed by atoms with Gasteiger partial charge in [-0.1, -0.05) is 13.3 Å². The van der Waals surface area contributed by atoms with E-state index in [0.29, 0.717) is 33.8 Å². The number of aromatic nitrogens is 3. The Bertz CT molecular complexity index is 1640. The van der Waals surface area contributed by atoms with E-state index >= 15 is 4.39 Å². The molecule has 2 fully saturated rings. The molecule has 1 atom stereocenters. The number of hydrogen-bond donors (Lipinski definition) is 4. The summed E-state index contributed by atoms with van der Waals surface area (Å²) < 4.78 is 15.4. The van der Waals surface area contributed by atoms with Crippen molar-refractivity contribution in [3.63, 3.8) is 0 Å². The number of anilines is 4. The molecule has 1 aromatic carbocycles. The SMILES string of the molecule is CCC1(C(=O)Nc2ccc(-c3cc(Nc4ccc(N5CCC[C@@H](N)C5)cn4)c4c(=O)[nH]ccc4n3)c(F)c2)CCC1. The van der Waals surface area contributed by atoms with Crippen molar-refractivity contribution in [3.8, 4) is 11.3 Å². The van der Waals surface area contributed by atoms with Crippen LogP contribution in [0.5, 0.6) is 0 Å². The number of carbonyl (C=O) groups excluding carboxylic acids is 1. The van der Waals surface area contributed by atoms with Gasteiger partial charge in [-0.3, -0.25) is 9.59 Å². The number of amides is 1. The molecule has 41 heavy (non-hydrogen) atoms. The van der Waals surface area contributed by atoms with Crippen LogP contribution in [-0.2, 0) is 4.79 Å². The fourth-order valence-corrected chi connectivity index (χ4v) is 5.87. The minimum absolute atomic E-state index is 0.0606. The first-order valence-electron chi connectivity index (χ1n) is 14.2. The summed E-state index contributed by atoms with van der Waals surface area (Å²) in [6.45, 7) is 3.73. The summed E-state index contributed by atoms with van der Waals surface area (Å²) in [4.78, 5) is 39.7. The first-order valence-corrected chi connectivity index (χ1v) is 14.2. The lowest BCUT2D eigenvalue weighted by molar-refractivity contribution is -0.130. The zero-order chi connectivity index (χ0) is 28.6. The predicted molar refractivity (Wildman–Crippen MR) is 160 cm³/mol. The van der Waals surface area contributed by atoms with Gasteiger partial charge in [0.05, 0.1) is 34.2 Å². The van der Waals surface area contributed by atoms with Crippen LogP contribution >= 0.6 is 0 Å². The topological polar surface area (TPSA) is 129 Å². The Balaban J connectivity index is 1.29. The smallest absolute Gasteiger partial charge is 0.259 e. The van der Waals surface area contributed by atoms with Crippen molar-refractivity contribution in [2.45, 2.75) is 51.5 Å². The quantitative estimate of drug-likeness (QED) is 0.243. The zero-order valence-electron chi connectivity index (χ0n) is 23.0. The number of benzene rings is 1. The molecule has 6 rings (SSSR count). The normalized spacial score (nSPS) is 18.1. The molecular weight excluding hydrogens is 521 g/mol. The van der Waals surface area contributed by atoms with Gasteiger partial charge in [-0.15, -0.1) is 0 Å². The molecule has 4 aromatic rings. The summed E-state index contributed by atoms with van der Waals surface area (Å²) in [5.74, 6) is -0.0439. The van der Waals surface area contributed by atoms with Crippen LogP contribution in [0.2, 0.25) is 0 Å². The molecule has 1 amide bonds. The van der Waals surface area contributed by atoms with Crippen molar-refractivity contribution in [2.75, 3.05) is 28.6 Å². The van der Waals surface area contributed by atoms with Crippen LogP contribution in [0.15, 0.2) is 59.7 Å². The zero-order valence-corrected chi connectivity index (χ0v) is 23.0. The average molecular weight is 556 g/mol. The number of carbonyl (C=O) groups is 1. The number of aromatic amines is 1. The summed E-state index contributed by atoms with van der Waals surface area (Å²) in [7, 11) is 0. The van der Waals surface area contributed by atoms with Crippen LogP contribution in [0, 0.1) is 11.2 Å². The molecule has 4 heterocycles.